The van der Waals surface area contributed by atoms with E-state index in [1.807, 2.05) is 4.90 Å². The fourth-order valence-corrected chi connectivity index (χ4v) is 2.70. The van der Waals surface area contributed by atoms with Crippen LogP contribution >= 0.6 is 0 Å². The number of benzene rings is 1. The Hall–Kier alpha value is -1.62. The lowest BCUT2D eigenvalue weighted by atomic mass is 9.94. The van der Waals surface area contributed by atoms with Gasteiger partial charge in [0.15, 0.2) is 11.6 Å². The lowest BCUT2D eigenvalue weighted by Crippen LogP contribution is -2.40. The zero-order valence-electron chi connectivity index (χ0n) is 11.8. The number of nitrogens with two attached hydrogens (primary N) is 1. The molecule has 1 amide bonds. The highest BCUT2D eigenvalue weighted by Crippen LogP contribution is 2.23. The average molecular weight is 280 g/mol. The van der Waals surface area contributed by atoms with Crippen LogP contribution in [0.5, 0.6) is 5.75 Å². The summed E-state index contributed by atoms with van der Waals surface area (Å²) in [4.78, 5) is 14.3. The largest absolute Gasteiger partial charge is 0.494 e. The predicted octanol–water partition coefficient (Wildman–Crippen LogP) is 2.04. The Morgan fingerprint density at radius 3 is 3.05 bits per heavy atom. The summed E-state index contributed by atoms with van der Waals surface area (Å²) in [5.41, 5.74) is 6.05. The molecule has 0 saturated carbocycles. The lowest BCUT2D eigenvalue weighted by molar-refractivity contribution is 0.0669. The third-order valence-electron chi connectivity index (χ3n) is 3.78. The van der Waals surface area contributed by atoms with Gasteiger partial charge in [0.2, 0.25) is 0 Å². The molecule has 0 spiro atoms. The third kappa shape index (κ3) is 3.28. The quantitative estimate of drug-likeness (QED) is 0.918. The maximum absolute atomic E-state index is 13.4. The lowest BCUT2D eigenvalue weighted by Gasteiger charge is -2.32. The van der Waals surface area contributed by atoms with E-state index in [0.717, 1.165) is 32.4 Å². The van der Waals surface area contributed by atoms with Crippen LogP contribution in [-0.4, -0.2) is 37.6 Å². The van der Waals surface area contributed by atoms with E-state index >= 15 is 0 Å². The average Bonchev–Trinajstić information content (AvgIpc) is 2.48. The third-order valence-corrected chi connectivity index (χ3v) is 3.78. The van der Waals surface area contributed by atoms with Gasteiger partial charge in [-0.15, -0.1) is 0 Å². The van der Waals surface area contributed by atoms with Crippen molar-refractivity contribution in [3.05, 3.63) is 29.6 Å². The number of nitrogens with zero attached hydrogens (tertiary/aromatic N) is 1. The Morgan fingerprint density at radius 1 is 1.55 bits per heavy atom. The Balaban J connectivity index is 2.10. The van der Waals surface area contributed by atoms with Crippen LogP contribution in [0.3, 0.4) is 0 Å². The van der Waals surface area contributed by atoms with Gasteiger partial charge >= 0.3 is 0 Å². The van der Waals surface area contributed by atoms with E-state index in [9.17, 15) is 9.18 Å². The van der Waals surface area contributed by atoms with E-state index in [2.05, 4.69) is 0 Å². The number of methoxy groups -OCH3 is 1. The minimum absolute atomic E-state index is 0.0648. The normalized spacial score (nSPS) is 18.9. The van der Waals surface area contributed by atoms with Crippen molar-refractivity contribution in [1.82, 2.24) is 4.90 Å². The molecular weight excluding hydrogens is 259 g/mol. The minimum Gasteiger partial charge on any atom is -0.494 e. The second kappa shape index (κ2) is 6.70. The molecule has 0 bridgehead atoms. The van der Waals surface area contributed by atoms with Gasteiger partial charge in [0.05, 0.1) is 7.11 Å². The van der Waals surface area contributed by atoms with Crippen LogP contribution < -0.4 is 10.5 Å². The number of rotatable bonds is 4. The van der Waals surface area contributed by atoms with Crippen molar-refractivity contribution in [2.24, 2.45) is 11.7 Å². The summed E-state index contributed by atoms with van der Waals surface area (Å²) in [6, 6.07) is 4.24. The maximum Gasteiger partial charge on any atom is 0.254 e. The van der Waals surface area contributed by atoms with E-state index in [4.69, 9.17) is 10.5 Å². The van der Waals surface area contributed by atoms with E-state index in [1.165, 1.54) is 25.3 Å². The van der Waals surface area contributed by atoms with E-state index < -0.39 is 5.82 Å². The molecular formula is C15H21FN2O2. The predicted molar refractivity (Wildman–Crippen MR) is 75.3 cm³/mol. The topological polar surface area (TPSA) is 55.6 Å². The highest BCUT2D eigenvalue weighted by atomic mass is 19.1. The van der Waals surface area contributed by atoms with Crippen molar-refractivity contribution < 1.29 is 13.9 Å². The Bertz CT molecular complexity index is 477. The molecule has 1 aliphatic rings. The van der Waals surface area contributed by atoms with Gasteiger partial charge in [-0.1, -0.05) is 0 Å². The molecule has 5 heteroatoms. The van der Waals surface area contributed by atoms with E-state index in [1.54, 1.807) is 0 Å². The van der Waals surface area contributed by atoms with E-state index in [0.29, 0.717) is 18.0 Å². The number of hydrogen-bond acceptors (Lipinski definition) is 3. The van der Waals surface area contributed by atoms with Crippen LogP contribution in [0.2, 0.25) is 0 Å². The standard InChI is InChI=1S/C15H21FN2O2/c1-20-14-9-12(4-5-13(14)16)15(19)18-8-2-3-11(10-18)6-7-17/h4-5,9,11H,2-3,6-8,10,17H2,1H3. The first-order valence-corrected chi connectivity index (χ1v) is 6.98. The zero-order chi connectivity index (χ0) is 14.5. The molecule has 1 aromatic rings. The number of likely N-dealkylation sites (tertiary alicyclic amines) is 1. The van der Waals surface area contributed by atoms with Gasteiger partial charge in [-0.2, -0.15) is 0 Å². The molecule has 0 aromatic heterocycles. The van der Waals surface area contributed by atoms with E-state index in [-0.39, 0.29) is 11.7 Å². The number of halogens is 1. The minimum atomic E-state index is -0.455. The molecule has 1 aliphatic heterocycles. The van der Waals surface area contributed by atoms with Gasteiger partial charge in [0.25, 0.3) is 5.91 Å². The molecule has 1 unspecified atom stereocenters. The molecule has 2 N–H and O–H groups in total. The second-order valence-electron chi connectivity index (χ2n) is 5.19. The number of hydrogen-bond donors (Lipinski definition) is 1. The molecule has 110 valence electrons. The monoisotopic (exact) mass is 280 g/mol. The van der Waals surface area contributed by atoms with Gasteiger partial charge in [-0.25, -0.2) is 4.39 Å². The number of piperidine rings is 1. The second-order valence-corrected chi connectivity index (χ2v) is 5.19. The van der Waals surface area contributed by atoms with Gasteiger partial charge in [0, 0.05) is 18.7 Å². The van der Waals surface area contributed by atoms with Crippen molar-refractivity contribution >= 4 is 5.91 Å². The van der Waals surface area contributed by atoms with Crippen molar-refractivity contribution in [3.63, 3.8) is 0 Å². The van der Waals surface area contributed by atoms with Crippen molar-refractivity contribution in [2.45, 2.75) is 19.3 Å². The molecule has 1 aromatic carbocycles. The van der Waals surface area contributed by atoms with Crippen LogP contribution in [0.25, 0.3) is 0 Å². The van der Waals surface area contributed by atoms with Crippen molar-refractivity contribution in [3.8, 4) is 5.75 Å². The fourth-order valence-electron chi connectivity index (χ4n) is 2.70. The summed E-state index contributed by atoms with van der Waals surface area (Å²) in [6.45, 7) is 2.13. The molecule has 1 fully saturated rings. The molecule has 20 heavy (non-hydrogen) atoms. The van der Waals surface area contributed by atoms with Gasteiger partial charge in [0.1, 0.15) is 0 Å². The highest BCUT2D eigenvalue weighted by Gasteiger charge is 2.24. The first-order valence-electron chi connectivity index (χ1n) is 6.98. The van der Waals surface area contributed by atoms with Crippen molar-refractivity contribution in [1.29, 1.82) is 0 Å². The number of carbonyl (C=O) groups is 1. The SMILES string of the molecule is COc1cc(C(=O)N2CCCC(CCN)C2)ccc1F. The summed E-state index contributed by atoms with van der Waals surface area (Å²) in [5.74, 6) is 0.0557. The molecule has 4 nitrogen and oxygen atoms in total. The highest BCUT2D eigenvalue weighted by molar-refractivity contribution is 5.94. The summed E-state index contributed by atoms with van der Waals surface area (Å²) in [7, 11) is 1.39. The summed E-state index contributed by atoms with van der Waals surface area (Å²) in [6.07, 6.45) is 3.05. The first kappa shape index (κ1) is 14.8. The Morgan fingerprint density at radius 2 is 2.35 bits per heavy atom. The molecule has 1 atom stereocenters. The van der Waals surface area contributed by atoms with Gasteiger partial charge in [-0.05, 0) is 49.9 Å². The molecule has 2 rings (SSSR count). The van der Waals surface area contributed by atoms with Gasteiger partial charge in [-0.3, -0.25) is 4.79 Å². The summed E-state index contributed by atoms with van der Waals surface area (Å²) >= 11 is 0. The van der Waals surface area contributed by atoms with Crippen LogP contribution in [-0.2, 0) is 0 Å². The summed E-state index contributed by atoms with van der Waals surface area (Å²) in [5, 5.41) is 0. The number of ether oxygens (including phenoxy) is 1. The molecule has 0 aliphatic carbocycles. The van der Waals surface area contributed by atoms with Gasteiger partial charge < -0.3 is 15.4 Å². The van der Waals surface area contributed by atoms with Crippen LogP contribution in [0.15, 0.2) is 18.2 Å². The van der Waals surface area contributed by atoms with Crippen LogP contribution in [0.1, 0.15) is 29.6 Å². The maximum atomic E-state index is 13.4. The van der Waals surface area contributed by atoms with Crippen LogP contribution in [0.4, 0.5) is 4.39 Å². The Labute approximate surface area is 118 Å². The Kier molecular flexibility index (Phi) is 4.95. The number of carbonyl (C=O) groups excluding carboxylic acids is 1. The zero-order valence-corrected chi connectivity index (χ0v) is 11.8. The smallest absolute Gasteiger partial charge is 0.254 e. The van der Waals surface area contributed by atoms with Crippen LogP contribution in [0, 0.1) is 11.7 Å². The number of amides is 1. The summed E-state index contributed by atoms with van der Waals surface area (Å²) < 4.78 is 18.3. The fraction of sp³-hybridized carbons (Fsp3) is 0.533. The molecule has 1 saturated heterocycles. The van der Waals surface area contributed by atoms with Crippen molar-refractivity contribution in [2.75, 3.05) is 26.7 Å². The molecule has 1 heterocycles. The molecule has 0 radical (unpaired) electrons. The first-order chi connectivity index (χ1) is 9.65.